The fourth-order valence-electron chi connectivity index (χ4n) is 3.20. The number of amides is 1. The lowest BCUT2D eigenvalue weighted by atomic mass is 10.1. The van der Waals surface area contributed by atoms with Crippen LogP contribution in [0.5, 0.6) is 0 Å². The highest BCUT2D eigenvalue weighted by Crippen LogP contribution is 2.30. The van der Waals surface area contributed by atoms with Gasteiger partial charge in [0.2, 0.25) is 0 Å². The summed E-state index contributed by atoms with van der Waals surface area (Å²) in [5, 5.41) is 9.75. The van der Waals surface area contributed by atoms with Gasteiger partial charge in [-0.2, -0.15) is 5.26 Å². The number of H-pyrrole nitrogens is 2. The van der Waals surface area contributed by atoms with E-state index in [0.717, 1.165) is 11.8 Å². The predicted octanol–water partition coefficient (Wildman–Crippen LogP) is 3.86. The number of nitrogens with one attached hydrogen (secondary N) is 2. The van der Waals surface area contributed by atoms with Crippen LogP contribution in [-0.4, -0.2) is 32.3 Å². The molecule has 0 spiro atoms. The smallest absolute Gasteiger partial charge is 0.271 e. The van der Waals surface area contributed by atoms with Crippen molar-refractivity contribution < 1.29 is 9.18 Å². The van der Waals surface area contributed by atoms with Gasteiger partial charge >= 0.3 is 0 Å². The number of fused-ring (bicyclic) bond motifs is 1. The van der Waals surface area contributed by atoms with E-state index in [0.29, 0.717) is 34.4 Å². The first kappa shape index (κ1) is 17.5. The zero-order chi connectivity index (χ0) is 19.5. The first-order valence-electron chi connectivity index (χ1n) is 8.68. The van der Waals surface area contributed by atoms with Crippen LogP contribution in [0.3, 0.4) is 0 Å². The standard InChI is InChI=1S/C21H16FN5O/c22-17-12-26-20-16(6-8-24-20)19(17)15-10-18(25-11-15)21(28)27(9-7-23)13-14-4-2-1-3-5-14/h1-6,8,10-12,25H,9,13H2,(H,24,26). The molecule has 7 heteroatoms. The second kappa shape index (κ2) is 7.37. The summed E-state index contributed by atoms with van der Waals surface area (Å²) >= 11 is 0. The van der Waals surface area contributed by atoms with E-state index < -0.39 is 5.82 Å². The third kappa shape index (κ3) is 3.23. The van der Waals surface area contributed by atoms with E-state index in [1.165, 1.54) is 4.90 Å². The fraction of sp³-hybridized carbons (Fsp3) is 0.0952. The van der Waals surface area contributed by atoms with Crippen LogP contribution < -0.4 is 0 Å². The number of pyridine rings is 1. The minimum absolute atomic E-state index is 0.0479. The van der Waals surface area contributed by atoms with Crippen molar-refractivity contribution in [2.75, 3.05) is 6.54 Å². The SMILES string of the molecule is N#CCN(Cc1ccccc1)C(=O)c1cc(-c2c(F)cnc3[nH]ccc23)c[nH]1. The molecular formula is C21H16FN5O. The highest BCUT2D eigenvalue weighted by Gasteiger charge is 2.20. The number of benzene rings is 1. The molecule has 0 saturated carbocycles. The van der Waals surface area contributed by atoms with Gasteiger partial charge < -0.3 is 14.9 Å². The number of aromatic nitrogens is 3. The van der Waals surface area contributed by atoms with Crippen molar-refractivity contribution in [2.45, 2.75) is 6.54 Å². The first-order chi connectivity index (χ1) is 13.7. The van der Waals surface area contributed by atoms with Crippen LogP contribution in [0.2, 0.25) is 0 Å². The number of carbonyl (C=O) groups excluding carboxylic acids is 1. The Morgan fingerprint density at radius 1 is 1.21 bits per heavy atom. The average molecular weight is 373 g/mol. The van der Waals surface area contributed by atoms with E-state index in [-0.39, 0.29) is 12.5 Å². The van der Waals surface area contributed by atoms with Gasteiger partial charge in [-0.05, 0) is 17.7 Å². The summed E-state index contributed by atoms with van der Waals surface area (Å²) in [4.78, 5) is 24.2. The summed E-state index contributed by atoms with van der Waals surface area (Å²) in [7, 11) is 0. The van der Waals surface area contributed by atoms with Gasteiger partial charge in [0.05, 0.1) is 12.3 Å². The Hall–Kier alpha value is -3.92. The van der Waals surface area contributed by atoms with Crippen LogP contribution in [0.1, 0.15) is 16.1 Å². The Morgan fingerprint density at radius 3 is 2.82 bits per heavy atom. The molecule has 2 N–H and O–H groups in total. The molecule has 0 unspecified atom stereocenters. The molecule has 0 aliphatic carbocycles. The molecule has 0 aliphatic heterocycles. The zero-order valence-corrected chi connectivity index (χ0v) is 14.8. The molecule has 1 aromatic carbocycles. The minimum atomic E-state index is -0.469. The van der Waals surface area contributed by atoms with Crippen LogP contribution in [0.25, 0.3) is 22.2 Å². The van der Waals surface area contributed by atoms with Gasteiger partial charge in [-0.15, -0.1) is 0 Å². The van der Waals surface area contributed by atoms with Gasteiger partial charge in [-0.1, -0.05) is 30.3 Å². The lowest BCUT2D eigenvalue weighted by Crippen LogP contribution is -2.31. The Labute approximate surface area is 160 Å². The van der Waals surface area contributed by atoms with Crippen LogP contribution in [-0.2, 0) is 6.54 Å². The van der Waals surface area contributed by atoms with Crippen molar-refractivity contribution >= 4 is 16.9 Å². The van der Waals surface area contributed by atoms with Crippen LogP contribution in [0.15, 0.2) is 61.1 Å². The van der Waals surface area contributed by atoms with Crippen molar-refractivity contribution in [3.8, 4) is 17.2 Å². The van der Waals surface area contributed by atoms with E-state index in [2.05, 4.69) is 15.0 Å². The minimum Gasteiger partial charge on any atom is -0.357 e. The van der Waals surface area contributed by atoms with Crippen molar-refractivity contribution in [3.05, 3.63) is 78.1 Å². The van der Waals surface area contributed by atoms with Gasteiger partial charge in [0.25, 0.3) is 5.91 Å². The fourth-order valence-corrected chi connectivity index (χ4v) is 3.20. The molecule has 0 atom stereocenters. The number of nitrogens with zero attached hydrogens (tertiary/aromatic N) is 3. The second-order valence-corrected chi connectivity index (χ2v) is 6.33. The van der Waals surface area contributed by atoms with Crippen molar-refractivity contribution in [3.63, 3.8) is 0 Å². The van der Waals surface area contributed by atoms with E-state index in [9.17, 15) is 9.18 Å². The summed E-state index contributed by atoms with van der Waals surface area (Å²) in [5.74, 6) is -0.792. The normalized spacial score (nSPS) is 10.7. The third-order valence-electron chi connectivity index (χ3n) is 4.51. The largest absolute Gasteiger partial charge is 0.357 e. The number of aromatic amines is 2. The predicted molar refractivity (Wildman–Crippen MR) is 103 cm³/mol. The number of halogens is 1. The highest BCUT2D eigenvalue weighted by molar-refractivity contribution is 5.97. The first-order valence-corrected chi connectivity index (χ1v) is 8.68. The van der Waals surface area contributed by atoms with Crippen molar-refractivity contribution in [1.82, 2.24) is 19.9 Å². The maximum atomic E-state index is 14.4. The second-order valence-electron chi connectivity index (χ2n) is 6.33. The molecule has 28 heavy (non-hydrogen) atoms. The van der Waals surface area contributed by atoms with Crippen molar-refractivity contribution in [1.29, 1.82) is 5.26 Å². The number of hydrogen-bond donors (Lipinski definition) is 2. The van der Waals surface area contributed by atoms with E-state index in [1.54, 1.807) is 24.5 Å². The molecule has 0 saturated heterocycles. The third-order valence-corrected chi connectivity index (χ3v) is 4.51. The molecule has 0 radical (unpaired) electrons. The van der Waals surface area contributed by atoms with Gasteiger partial charge in [0.1, 0.15) is 23.7 Å². The number of nitriles is 1. The lowest BCUT2D eigenvalue weighted by molar-refractivity contribution is 0.0760. The van der Waals surface area contributed by atoms with Crippen molar-refractivity contribution in [2.24, 2.45) is 0 Å². The van der Waals surface area contributed by atoms with Gasteiger partial charge in [-0.25, -0.2) is 9.37 Å². The molecule has 0 bridgehead atoms. The van der Waals surface area contributed by atoms with Gasteiger partial charge in [0, 0.05) is 35.5 Å². The molecule has 4 aromatic rings. The van der Waals surface area contributed by atoms with Gasteiger partial charge in [-0.3, -0.25) is 4.79 Å². The maximum absolute atomic E-state index is 14.4. The van der Waals surface area contributed by atoms with Gasteiger partial charge in [0.15, 0.2) is 0 Å². The molecule has 0 aliphatic rings. The average Bonchev–Trinajstić information content (AvgIpc) is 3.37. The van der Waals surface area contributed by atoms with E-state index >= 15 is 0 Å². The molecule has 3 heterocycles. The van der Waals surface area contributed by atoms with E-state index in [4.69, 9.17) is 5.26 Å². The summed E-state index contributed by atoms with van der Waals surface area (Å²) < 4.78 is 14.4. The molecule has 6 nitrogen and oxygen atoms in total. The molecule has 1 amide bonds. The topological polar surface area (TPSA) is 88.6 Å². The highest BCUT2D eigenvalue weighted by atomic mass is 19.1. The van der Waals surface area contributed by atoms with Crippen LogP contribution >= 0.6 is 0 Å². The van der Waals surface area contributed by atoms with E-state index in [1.807, 2.05) is 36.4 Å². The number of rotatable bonds is 5. The quantitative estimate of drug-likeness (QED) is 0.521. The Balaban J connectivity index is 1.65. The maximum Gasteiger partial charge on any atom is 0.271 e. The Morgan fingerprint density at radius 2 is 2.04 bits per heavy atom. The zero-order valence-electron chi connectivity index (χ0n) is 14.8. The number of hydrogen-bond acceptors (Lipinski definition) is 3. The van der Waals surface area contributed by atoms with Crippen LogP contribution in [0.4, 0.5) is 4.39 Å². The Kier molecular flexibility index (Phi) is 4.60. The Bertz CT molecular complexity index is 1170. The molecule has 138 valence electrons. The summed E-state index contributed by atoms with van der Waals surface area (Å²) in [6, 6.07) is 14.8. The van der Waals surface area contributed by atoms with Crippen LogP contribution in [0, 0.1) is 17.1 Å². The molecule has 4 rings (SSSR count). The number of carbonyl (C=O) groups is 1. The summed E-state index contributed by atoms with van der Waals surface area (Å²) in [5.41, 5.74) is 2.70. The molecule has 0 fully saturated rings. The lowest BCUT2D eigenvalue weighted by Gasteiger charge is -2.18. The summed E-state index contributed by atoms with van der Waals surface area (Å²) in [6.07, 6.45) is 4.43. The molecular weight excluding hydrogens is 357 g/mol. The molecule has 3 aromatic heterocycles. The monoisotopic (exact) mass is 373 g/mol. The summed E-state index contributed by atoms with van der Waals surface area (Å²) in [6.45, 7) is 0.265.